The number of carbonyl (C=O) groups excluding carboxylic acids is 1. The summed E-state index contributed by atoms with van der Waals surface area (Å²) in [5.74, 6) is 1.16. The van der Waals surface area contributed by atoms with E-state index in [-0.39, 0.29) is 11.7 Å². The third-order valence-electron chi connectivity index (χ3n) is 3.97. The van der Waals surface area contributed by atoms with Gasteiger partial charge in [0.05, 0.1) is 6.54 Å². The number of benzene rings is 1. The molecule has 0 spiro atoms. The van der Waals surface area contributed by atoms with Crippen molar-refractivity contribution >= 4 is 5.91 Å². The maximum atomic E-state index is 12.8. The van der Waals surface area contributed by atoms with Crippen molar-refractivity contribution < 1.29 is 13.9 Å². The number of halogens is 1. The van der Waals surface area contributed by atoms with Crippen molar-refractivity contribution in [1.29, 1.82) is 0 Å². The van der Waals surface area contributed by atoms with Crippen LogP contribution in [-0.2, 0) is 4.79 Å². The van der Waals surface area contributed by atoms with Gasteiger partial charge in [0.1, 0.15) is 18.2 Å². The minimum absolute atomic E-state index is 0.191. The smallest absolute Gasteiger partial charge is 0.236 e. The number of amides is 1. The number of carbonyl (C=O) groups is 1. The molecule has 1 unspecified atom stereocenters. The number of piperidine rings is 1. The van der Waals surface area contributed by atoms with Crippen LogP contribution in [0.1, 0.15) is 19.8 Å². The number of likely N-dealkylation sites (tertiary alicyclic amines) is 1. The summed E-state index contributed by atoms with van der Waals surface area (Å²) < 4.78 is 18.3. The molecule has 122 valence electrons. The van der Waals surface area contributed by atoms with Crippen LogP contribution < -0.4 is 4.74 Å². The standard InChI is InChI=1S/C17H25FN2O2/c1-14-4-3-9-20(12-14)17(21)13-19(2)10-11-22-16-7-5-15(18)6-8-16/h5-8,14H,3-4,9-13H2,1-2H3. The van der Waals surface area contributed by atoms with Gasteiger partial charge in [-0.15, -0.1) is 0 Å². The fraction of sp³-hybridized carbons (Fsp3) is 0.588. The summed E-state index contributed by atoms with van der Waals surface area (Å²) in [4.78, 5) is 16.2. The first-order chi connectivity index (χ1) is 10.5. The van der Waals surface area contributed by atoms with Gasteiger partial charge in [0.2, 0.25) is 5.91 Å². The summed E-state index contributed by atoms with van der Waals surface area (Å²) in [7, 11) is 1.92. The van der Waals surface area contributed by atoms with E-state index in [0.717, 1.165) is 19.5 Å². The molecular weight excluding hydrogens is 283 g/mol. The summed E-state index contributed by atoms with van der Waals surface area (Å²) in [6.45, 7) is 5.50. The second kappa shape index (κ2) is 8.13. The average Bonchev–Trinajstić information content (AvgIpc) is 2.49. The number of nitrogens with zero attached hydrogens (tertiary/aromatic N) is 2. The van der Waals surface area contributed by atoms with Crippen LogP contribution in [0.25, 0.3) is 0 Å². The Bertz CT molecular complexity index is 478. The fourth-order valence-electron chi connectivity index (χ4n) is 2.68. The van der Waals surface area contributed by atoms with Crippen molar-refractivity contribution in [2.24, 2.45) is 5.92 Å². The van der Waals surface area contributed by atoms with Crippen LogP contribution in [0.3, 0.4) is 0 Å². The molecule has 1 atom stereocenters. The van der Waals surface area contributed by atoms with Crippen molar-refractivity contribution in [1.82, 2.24) is 9.80 Å². The molecule has 0 N–H and O–H groups in total. The Kier molecular flexibility index (Phi) is 6.19. The van der Waals surface area contributed by atoms with E-state index in [2.05, 4.69) is 6.92 Å². The molecule has 1 aromatic rings. The third kappa shape index (κ3) is 5.30. The highest BCUT2D eigenvalue weighted by Crippen LogP contribution is 2.15. The summed E-state index contributed by atoms with van der Waals surface area (Å²) in [5.41, 5.74) is 0. The number of likely N-dealkylation sites (N-methyl/N-ethyl adjacent to an activating group) is 1. The molecule has 0 saturated carbocycles. The maximum Gasteiger partial charge on any atom is 0.236 e. The number of rotatable bonds is 6. The van der Waals surface area contributed by atoms with Gasteiger partial charge < -0.3 is 9.64 Å². The van der Waals surface area contributed by atoms with Crippen LogP contribution in [0.4, 0.5) is 4.39 Å². The summed E-state index contributed by atoms with van der Waals surface area (Å²) in [6, 6.07) is 5.96. The highest BCUT2D eigenvalue weighted by Gasteiger charge is 2.21. The lowest BCUT2D eigenvalue weighted by Crippen LogP contribution is -2.44. The van der Waals surface area contributed by atoms with Crippen molar-refractivity contribution in [2.45, 2.75) is 19.8 Å². The molecule has 0 aromatic heterocycles. The van der Waals surface area contributed by atoms with Gasteiger partial charge in [-0.3, -0.25) is 9.69 Å². The maximum absolute atomic E-state index is 12.8. The molecule has 0 aliphatic carbocycles. The molecule has 22 heavy (non-hydrogen) atoms. The predicted octanol–water partition coefficient (Wildman–Crippen LogP) is 2.39. The van der Waals surface area contributed by atoms with Crippen molar-refractivity contribution in [3.05, 3.63) is 30.1 Å². The van der Waals surface area contributed by atoms with E-state index >= 15 is 0 Å². The molecule has 2 rings (SSSR count). The molecule has 4 nitrogen and oxygen atoms in total. The molecular formula is C17H25FN2O2. The molecule has 1 aliphatic heterocycles. The predicted molar refractivity (Wildman–Crippen MR) is 84.4 cm³/mol. The quantitative estimate of drug-likeness (QED) is 0.809. The Morgan fingerprint density at radius 3 is 2.82 bits per heavy atom. The number of hydrogen-bond donors (Lipinski definition) is 0. The van der Waals surface area contributed by atoms with Gasteiger partial charge in [0.15, 0.2) is 0 Å². The SMILES string of the molecule is CC1CCCN(C(=O)CN(C)CCOc2ccc(F)cc2)C1. The van der Waals surface area contributed by atoms with Gasteiger partial charge in [-0.05, 0) is 50.1 Å². The van der Waals surface area contributed by atoms with E-state index in [9.17, 15) is 9.18 Å². The van der Waals surface area contributed by atoms with Crippen LogP contribution in [0.5, 0.6) is 5.75 Å². The zero-order valence-corrected chi connectivity index (χ0v) is 13.4. The molecule has 0 radical (unpaired) electrons. The van der Waals surface area contributed by atoms with Gasteiger partial charge in [-0.25, -0.2) is 4.39 Å². The Morgan fingerprint density at radius 1 is 1.41 bits per heavy atom. The van der Waals surface area contributed by atoms with E-state index in [1.165, 1.54) is 18.6 Å². The molecule has 1 aliphatic rings. The summed E-state index contributed by atoms with van der Waals surface area (Å²) in [5, 5.41) is 0. The second-order valence-electron chi connectivity index (χ2n) is 6.13. The van der Waals surface area contributed by atoms with Crippen LogP contribution in [0.2, 0.25) is 0 Å². The highest BCUT2D eigenvalue weighted by molar-refractivity contribution is 5.78. The molecule has 1 fully saturated rings. The lowest BCUT2D eigenvalue weighted by molar-refractivity contribution is -0.133. The molecule has 1 heterocycles. The number of ether oxygens (including phenoxy) is 1. The van der Waals surface area contributed by atoms with E-state index in [0.29, 0.717) is 31.4 Å². The molecule has 1 aromatic carbocycles. The zero-order valence-electron chi connectivity index (χ0n) is 13.4. The van der Waals surface area contributed by atoms with E-state index in [1.807, 2.05) is 16.8 Å². The zero-order chi connectivity index (χ0) is 15.9. The Morgan fingerprint density at radius 2 is 2.14 bits per heavy atom. The Balaban J connectivity index is 1.67. The minimum atomic E-state index is -0.272. The first kappa shape index (κ1) is 16.7. The van der Waals surface area contributed by atoms with E-state index in [4.69, 9.17) is 4.74 Å². The lowest BCUT2D eigenvalue weighted by atomic mass is 10.0. The van der Waals surface area contributed by atoms with E-state index < -0.39 is 0 Å². The van der Waals surface area contributed by atoms with Crippen molar-refractivity contribution in [3.63, 3.8) is 0 Å². The molecule has 1 amide bonds. The Labute approximate surface area is 131 Å². The molecule has 0 bridgehead atoms. The van der Waals surface area contributed by atoms with E-state index in [1.54, 1.807) is 12.1 Å². The lowest BCUT2D eigenvalue weighted by Gasteiger charge is -2.32. The normalized spacial score (nSPS) is 18.5. The monoisotopic (exact) mass is 308 g/mol. The van der Waals surface area contributed by atoms with Gasteiger partial charge in [-0.2, -0.15) is 0 Å². The first-order valence-corrected chi connectivity index (χ1v) is 7.89. The Hall–Kier alpha value is -1.62. The van der Waals surface area contributed by atoms with Crippen molar-refractivity contribution in [2.75, 3.05) is 39.8 Å². The average molecular weight is 308 g/mol. The van der Waals surface area contributed by atoms with Crippen LogP contribution in [-0.4, -0.2) is 55.5 Å². The second-order valence-corrected chi connectivity index (χ2v) is 6.13. The third-order valence-corrected chi connectivity index (χ3v) is 3.97. The van der Waals surface area contributed by atoms with Crippen LogP contribution in [0.15, 0.2) is 24.3 Å². The van der Waals surface area contributed by atoms with Gasteiger partial charge in [-0.1, -0.05) is 6.92 Å². The van der Waals surface area contributed by atoms with Gasteiger partial charge in [0, 0.05) is 19.6 Å². The molecule has 5 heteroatoms. The fourth-order valence-corrected chi connectivity index (χ4v) is 2.68. The highest BCUT2D eigenvalue weighted by atomic mass is 19.1. The first-order valence-electron chi connectivity index (χ1n) is 7.89. The summed E-state index contributed by atoms with van der Waals surface area (Å²) in [6.07, 6.45) is 2.31. The summed E-state index contributed by atoms with van der Waals surface area (Å²) >= 11 is 0. The largest absolute Gasteiger partial charge is 0.492 e. The topological polar surface area (TPSA) is 32.8 Å². The van der Waals surface area contributed by atoms with Crippen molar-refractivity contribution in [3.8, 4) is 5.75 Å². The van der Waals surface area contributed by atoms with Gasteiger partial charge >= 0.3 is 0 Å². The van der Waals surface area contributed by atoms with Gasteiger partial charge in [0.25, 0.3) is 0 Å². The minimum Gasteiger partial charge on any atom is -0.492 e. The van der Waals surface area contributed by atoms with Crippen LogP contribution >= 0.6 is 0 Å². The molecule has 1 saturated heterocycles. The number of hydrogen-bond acceptors (Lipinski definition) is 3. The van der Waals surface area contributed by atoms with Crippen LogP contribution in [0, 0.1) is 11.7 Å².